The van der Waals surface area contributed by atoms with E-state index in [4.69, 9.17) is 34.8 Å². The first kappa shape index (κ1) is 16.2. The summed E-state index contributed by atoms with van der Waals surface area (Å²) >= 11 is 16.6. The van der Waals surface area contributed by atoms with Gasteiger partial charge in [-0.3, -0.25) is 9.59 Å². The maximum Gasteiger partial charge on any atom is 0.249 e. The molecule has 0 aliphatic heterocycles. The Hall–Kier alpha value is 0.210. The van der Waals surface area contributed by atoms with E-state index in [9.17, 15) is 9.59 Å². The van der Waals surface area contributed by atoms with E-state index in [2.05, 4.69) is 0 Å². The van der Waals surface area contributed by atoms with Crippen LogP contribution in [0.25, 0.3) is 0 Å². The molecule has 1 atom stereocenters. The fourth-order valence-electron chi connectivity index (χ4n) is 1.45. The zero-order valence-electron chi connectivity index (χ0n) is 9.56. The van der Waals surface area contributed by atoms with Crippen molar-refractivity contribution >= 4 is 46.4 Å². The van der Waals surface area contributed by atoms with Gasteiger partial charge in [0.2, 0.25) is 3.79 Å². The van der Waals surface area contributed by atoms with E-state index < -0.39 is 15.5 Å². The summed E-state index contributed by atoms with van der Waals surface area (Å²) in [6.45, 7) is 3.88. The Labute approximate surface area is 112 Å². The van der Waals surface area contributed by atoms with Crippen molar-refractivity contribution < 1.29 is 9.59 Å². The normalized spacial score (nSPS) is 13.6. The fourth-order valence-corrected chi connectivity index (χ4v) is 1.84. The van der Waals surface area contributed by atoms with Gasteiger partial charge in [-0.05, 0) is 12.8 Å². The molecule has 0 heterocycles. The Kier molecular flexibility index (Phi) is 7.62. The second-order valence-corrected chi connectivity index (χ2v) is 6.05. The van der Waals surface area contributed by atoms with Gasteiger partial charge in [-0.15, -0.1) is 0 Å². The zero-order chi connectivity index (χ0) is 12.8. The van der Waals surface area contributed by atoms with Crippen LogP contribution < -0.4 is 0 Å². The lowest BCUT2D eigenvalue weighted by Crippen LogP contribution is -2.33. The molecular formula is C11H17Cl3O2. The summed E-state index contributed by atoms with van der Waals surface area (Å²) in [6, 6.07) is 0. The molecule has 0 aromatic heterocycles. The van der Waals surface area contributed by atoms with Crippen LogP contribution in [0.3, 0.4) is 0 Å². The summed E-state index contributed by atoms with van der Waals surface area (Å²) in [5.74, 6) is -1.47. The first-order chi connectivity index (χ1) is 7.34. The molecule has 0 aliphatic carbocycles. The van der Waals surface area contributed by atoms with Crippen LogP contribution in [-0.4, -0.2) is 15.4 Å². The van der Waals surface area contributed by atoms with Crippen molar-refractivity contribution in [2.24, 2.45) is 5.92 Å². The predicted molar refractivity (Wildman–Crippen MR) is 68.2 cm³/mol. The van der Waals surface area contributed by atoms with Crippen LogP contribution in [0.2, 0.25) is 0 Å². The maximum atomic E-state index is 11.8. The number of hydrogen-bond donors (Lipinski definition) is 0. The monoisotopic (exact) mass is 286 g/mol. The van der Waals surface area contributed by atoms with Gasteiger partial charge in [-0.1, -0.05) is 61.5 Å². The first-order valence-electron chi connectivity index (χ1n) is 5.48. The Bertz CT molecular complexity index is 246. The molecule has 0 rings (SSSR count). The smallest absolute Gasteiger partial charge is 0.249 e. The highest BCUT2D eigenvalue weighted by Gasteiger charge is 2.39. The van der Waals surface area contributed by atoms with Crippen molar-refractivity contribution in [3.8, 4) is 0 Å². The Morgan fingerprint density at radius 1 is 1.12 bits per heavy atom. The zero-order valence-corrected chi connectivity index (χ0v) is 11.8. The van der Waals surface area contributed by atoms with Gasteiger partial charge in [-0.2, -0.15) is 0 Å². The van der Waals surface area contributed by atoms with E-state index in [1.165, 1.54) is 0 Å². The molecule has 0 aliphatic rings. The van der Waals surface area contributed by atoms with Crippen molar-refractivity contribution in [1.82, 2.24) is 0 Å². The van der Waals surface area contributed by atoms with Gasteiger partial charge < -0.3 is 0 Å². The summed E-state index contributed by atoms with van der Waals surface area (Å²) in [7, 11) is 0. The van der Waals surface area contributed by atoms with Gasteiger partial charge >= 0.3 is 0 Å². The van der Waals surface area contributed by atoms with Gasteiger partial charge in [0.15, 0.2) is 5.78 Å². The molecule has 0 saturated carbocycles. The van der Waals surface area contributed by atoms with Crippen molar-refractivity contribution in [1.29, 1.82) is 0 Å². The van der Waals surface area contributed by atoms with Gasteiger partial charge in [0.1, 0.15) is 5.78 Å². The summed E-state index contributed by atoms with van der Waals surface area (Å²) < 4.78 is -1.98. The molecule has 2 nitrogen and oxygen atoms in total. The minimum Gasteiger partial charge on any atom is -0.299 e. The third-order valence-corrected chi connectivity index (χ3v) is 2.90. The first-order valence-corrected chi connectivity index (χ1v) is 6.61. The Morgan fingerprint density at radius 2 is 1.69 bits per heavy atom. The highest BCUT2D eigenvalue weighted by molar-refractivity contribution is 6.76. The van der Waals surface area contributed by atoms with Gasteiger partial charge in [-0.25, -0.2) is 0 Å². The molecule has 0 fully saturated rings. The van der Waals surface area contributed by atoms with Gasteiger partial charge in [0.25, 0.3) is 0 Å². The number of carbonyl (C=O) groups excluding carboxylic acids is 2. The van der Waals surface area contributed by atoms with Crippen LogP contribution in [0.1, 0.15) is 46.0 Å². The number of ketones is 2. The number of carbonyl (C=O) groups is 2. The predicted octanol–water partition coefficient (Wildman–Crippen LogP) is 4.10. The molecule has 5 heteroatoms. The van der Waals surface area contributed by atoms with Crippen LogP contribution in [0.15, 0.2) is 0 Å². The number of hydrogen-bond acceptors (Lipinski definition) is 2. The largest absolute Gasteiger partial charge is 0.299 e. The molecular weight excluding hydrogens is 270 g/mol. The third-order valence-electron chi connectivity index (χ3n) is 2.34. The minimum absolute atomic E-state index is 0.111. The van der Waals surface area contributed by atoms with Crippen molar-refractivity contribution in [3.63, 3.8) is 0 Å². The second-order valence-electron chi connectivity index (χ2n) is 3.77. The Balaban J connectivity index is 4.60. The molecule has 0 spiro atoms. The van der Waals surface area contributed by atoms with Crippen LogP contribution in [0.5, 0.6) is 0 Å². The van der Waals surface area contributed by atoms with E-state index in [1.807, 2.05) is 13.8 Å². The molecule has 94 valence electrons. The molecule has 0 N–H and O–H groups in total. The lowest BCUT2D eigenvalue weighted by atomic mass is 9.91. The molecule has 0 aromatic carbocycles. The van der Waals surface area contributed by atoms with Gasteiger partial charge in [0, 0.05) is 6.42 Å². The highest BCUT2D eigenvalue weighted by Crippen LogP contribution is 2.32. The number of unbranched alkanes of at least 4 members (excludes halogenated alkanes) is 1. The van der Waals surface area contributed by atoms with E-state index in [0.29, 0.717) is 12.8 Å². The number of rotatable bonds is 7. The minimum atomic E-state index is -1.98. The molecule has 16 heavy (non-hydrogen) atoms. The molecule has 0 amide bonds. The number of Topliss-reactive ketones (excluding diaryl/α,β-unsaturated/α-hetero) is 2. The summed E-state index contributed by atoms with van der Waals surface area (Å²) in [5, 5.41) is 0. The van der Waals surface area contributed by atoms with E-state index in [-0.39, 0.29) is 5.78 Å². The molecule has 0 radical (unpaired) electrons. The molecule has 0 saturated heterocycles. The summed E-state index contributed by atoms with van der Waals surface area (Å²) in [5.41, 5.74) is 0. The quantitative estimate of drug-likeness (QED) is 0.522. The third kappa shape index (κ3) is 5.51. The van der Waals surface area contributed by atoms with Crippen LogP contribution in [-0.2, 0) is 9.59 Å². The number of alkyl halides is 3. The van der Waals surface area contributed by atoms with Crippen LogP contribution >= 0.6 is 34.8 Å². The molecule has 0 aromatic rings. The lowest BCUT2D eigenvalue weighted by Gasteiger charge is -2.18. The molecule has 0 bridgehead atoms. The van der Waals surface area contributed by atoms with Crippen molar-refractivity contribution in [3.05, 3.63) is 0 Å². The van der Waals surface area contributed by atoms with Crippen LogP contribution in [0, 0.1) is 5.92 Å². The Morgan fingerprint density at radius 3 is 2.06 bits per heavy atom. The maximum absolute atomic E-state index is 11.8. The van der Waals surface area contributed by atoms with Crippen LogP contribution in [0.4, 0.5) is 0 Å². The van der Waals surface area contributed by atoms with E-state index >= 15 is 0 Å². The second kappa shape index (κ2) is 7.52. The average molecular weight is 288 g/mol. The fraction of sp³-hybridized carbons (Fsp3) is 0.818. The van der Waals surface area contributed by atoms with Crippen molar-refractivity contribution in [2.45, 2.75) is 49.7 Å². The summed E-state index contributed by atoms with van der Waals surface area (Å²) in [4.78, 5) is 23.5. The SMILES string of the molecule is CCCCC(=O)[C@H](CCC)C(=O)C(Cl)(Cl)Cl. The van der Waals surface area contributed by atoms with Crippen molar-refractivity contribution in [2.75, 3.05) is 0 Å². The van der Waals surface area contributed by atoms with Gasteiger partial charge in [0.05, 0.1) is 5.92 Å². The van der Waals surface area contributed by atoms with E-state index in [0.717, 1.165) is 19.3 Å². The average Bonchev–Trinajstić information content (AvgIpc) is 2.20. The molecule has 0 unspecified atom stereocenters. The summed E-state index contributed by atoms with van der Waals surface area (Å²) in [6.07, 6.45) is 3.23. The van der Waals surface area contributed by atoms with E-state index in [1.54, 1.807) is 0 Å². The number of halogens is 3. The highest BCUT2D eigenvalue weighted by atomic mass is 35.6. The topological polar surface area (TPSA) is 34.1 Å². The lowest BCUT2D eigenvalue weighted by molar-refractivity contribution is -0.132. The standard InChI is InChI=1S/C11H17Cl3O2/c1-3-5-7-9(15)8(6-4-2)10(16)11(12,13)14/h8H,3-7H2,1-2H3/t8-/m0/s1.